The molecule has 4 heteroatoms. The fraction of sp³-hybridized carbons (Fsp3) is 0.250. The van der Waals surface area contributed by atoms with Gasteiger partial charge >= 0.3 is 9.53 Å². The van der Waals surface area contributed by atoms with E-state index in [-0.39, 0.29) is 5.60 Å². The van der Waals surface area contributed by atoms with Crippen molar-refractivity contribution < 1.29 is 13.3 Å². The average molecular weight is 287 g/mol. The fourth-order valence-electron chi connectivity index (χ4n) is 1.48. The predicted molar refractivity (Wildman–Crippen MR) is 80.7 cm³/mol. The van der Waals surface area contributed by atoms with Crippen molar-refractivity contribution in [2.24, 2.45) is 0 Å². The first-order chi connectivity index (χ1) is 9.53. The lowest BCUT2D eigenvalue weighted by Crippen LogP contribution is -2.40. The number of hydrogen-bond donors (Lipinski definition) is 0. The minimum Gasteiger partial charge on any atom is -0.489 e. The van der Waals surface area contributed by atoms with Crippen molar-refractivity contribution in [1.82, 2.24) is 0 Å². The summed E-state index contributed by atoms with van der Waals surface area (Å²) in [5.74, 6) is 1.50. The predicted octanol–water partition coefficient (Wildman–Crippen LogP) is 3.94. The molecule has 0 aromatic heterocycles. The van der Waals surface area contributed by atoms with E-state index in [4.69, 9.17) is 13.3 Å². The van der Waals surface area contributed by atoms with Gasteiger partial charge in [0.25, 0.3) is 0 Å². The molecule has 0 atom stereocenters. The molecule has 3 nitrogen and oxygen atoms in total. The van der Waals surface area contributed by atoms with Crippen molar-refractivity contribution in [3.8, 4) is 11.5 Å². The minimum absolute atomic E-state index is 0.322. The first kappa shape index (κ1) is 14.6. The molecule has 0 aliphatic carbocycles. The Morgan fingerprint density at radius 2 is 1.10 bits per heavy atom. The Bertz CT molecular complexity index is 467. The second kappa shape index (κ2) is 6.59. The highest BCUT2D eigenvalue weighted by Crippen LogP contribution is 2.18. The molecule has 1 radical (unpaired) electrons. The molecule has 2 rings (SSSR count). The van der Waals surface area contributed by atoms with E-state index in [0.29, 0.717) is 0 Å². The van der Waals surface area contributed by atoms with E-state index in [0.717, 1.165) is 11.5 Å². The summed E-state index contributed by atoms with van der Waals surface area (Å²) in [6.07, 6.45) is 0. The van der Waals surface area contributed by atoms with Gasteiger partial charge in [-0.15, -0.1) is 0 Å². The van der Waals surface area contributed by atoms with Crippen LogP contribution in [0.4, 0.5) is 0 Å². The van der Waals surface area contributed by atoms with E-state index < -0.39 is 9.53 Å². The number of benzene rings is 2. The Hall–Kier alpha value is -1.78. The van der Waals surface area contributed by atoms with Crippen molar-refractivity contribution in [2.75, 3.05) is 0 Å². The third-order valence-electron chi connectivity index (χ3n) is 2.28. The summed E-state index contributed by atoms with van der Waals surface area (Å²) in [7, 11) is -1.91. The second-order valence-corrected chi connectivity index (χ2v) is 6.41. The van der Waals surface area contributed by atoms with Crippen molar-refractivity contribution in [3.05, 3.63) is 60.7 Å². The molecule has 0 aliphatic heterocycles. The summed E-state index contributed by atoms with van der Waals surface area (Å²) in [4.78, 5) is 0. The lowest BCUT2D eigenvalue weighted by molar-refractivity contribution is 0.0739. The summed E-state index contributed by atoms with van der Waals surface area (Å²) >= 11 is 0. The van der Waals surface area contributed by atoms with Gasteiger partial charge in [-0.1, -0.05) is 36.4 Å². The average Bonchev–Trinajstić information content (AvgIpc) is 2.39. The molecule has 0 unspecified atom stereocenters. The van der Waals surface area contributed by atoms with Gasteiger partial charge in [-0.3, -0.25) is 0 Å². The van der Waals surface area contributed by atoms with Crippen molar-refractivity contribution in [2.45, 2.75) is 26.4 Å². The van der Waals surface area contributed by atoms with Crippen LogP contribution in [0, 0.1) is 0 Å². The quantitative estimate of drug-likeness (QED) is 0.779. The third kappa shape index (κ3) is 5.07. The Morgan fingerprint density at radius 1 is 0.700 bits per heavy atom. The zero-order valence-electron chi connectivity index (χ0n) is 12.0. The maximum absolute atomic E-state index is 5.90. The molecule has 105 valence electrons. The van der Waals surface area contributed by atoms with Gasteiger partial charge in [0.1, 0.15) is 11.5 Å². The van der Waals surface area contributed by atoms with E-state index in [1.807, 2.05) is 81.4 Å². The molecule has 0 saturated carbocycles. The first-order valence-electron chi connectivity index (χ1n) is 6.55. The van der Waals surface area contributed by atoms with E-state index in [9.17, 15) is 0 Å². The Balaban J connectivity index is 2.08. The van der Waals surface area contributed by atoms with Gasteiger partial charge in [-0.05, 0) is 45.0 Å². The van der Waals surface area contributed by atoms with Gasteiger partial charge in [0.15, 0.2) is 0 Å². The number of para-hydroxylation sites is 2. The van der Waals surface area contributed by atoms with Crippen LogP contribution in [0.15, 0.2) is 60.7 Å². The monoisotopic (exact) mass is 287 g/mol. The van der Waals surface area contributed by atoms with E-state index in [1.165, 1.54) is 0 Å². The Labute approximate surface area is 122 Å². The topological polar surface area (TPSA) is 27.7 Å². The van der Waals surface area contributed by atoms with Crippen LogP contribution in [0.2, 0.25) is 0 Å². The molecular formula is C16H19O3Si. The summed E-state index contributed by atoms with van der Waals surface area (Å²) in [6, 6.07) is 19.2. The summed E-state index contributed by atoms with van der Waals surface area (Å²) < 4.78 is 17.6. The van der Waals surface area contributed by atoms with Gasteiger partial charge in [-0.25, -0.2) is 0 Å². The van der Waals surface area contributed by atoms with Crippen LogP contribution in [0.5, 0.6) is 11.5 Å². The summed E-state index contributed by atoms with van der Waals surface area (Å²) in [5.41, 5.74) is -0.322. The van der Waals surface area contributed by atoms with Gasteiger partial charge < -0.3 is 13.3 Å². The molecule has 20 heavy (non-hydrogen) atoms. The summed E-state index contributed by atoms with van der Waals surface area (Å²) in [5, 5.41) is 0. The molecule has 0 spiro atoms. The highest BCUT2D eigenvalue weighted by atomic mass is 28.3. The van der Waals surface area contributed by atoms with Crippen LogP contribution < -0.4 is 8.85 Å². The van der Waals surface area contributed by atoms with Crippen molar-refractivity contribution in [3.63, 3.8) is 0 Å². The van der Waals surface area contributed by atoms with Crippen LogP contribution >= 0.6 is 0 Å². The van der Waals surface area contributed by atoms with Crippen LogP contribution in [-0.2, 0) is 4.43 Å². The molecule has 0 saturated heterocycles. The van der Waals surface area contributed by atoms with Crippen molar-refractivity contribution >= 4 is 9.53 Å². The molecule has 2 aromatic carbocycles. The van der Waals surface area contributed by atoms with Crippen LogP contribution in [0.1, 0.15) is 20.8 Å². The molecule has 0 fully saturated rings. The normalized spacial score (nSPS) is 11.4. The maximum Gasteiger partial charge on any atom is 0.737 e. The van der Waals surface area contributed by atoms with Crippen LogP contribution in [0.25, 0.3) is 0 Å². The lowest BCUT2D eigenvalue weighted by atomic mass is 10.2. The van der Waals surface area contributed by atoms with Gasteiger partial charge in [-0.2, -0.15) is 0 Å². The van der Waals surface area contributed by atoms with Crippen LogP contribution in [0.3, 0.4) is 0 Å². The van der Waals surface area contributed by atoms with Gasteiger partial charge in [0.05, 0.1) is 5.60 Å². The molecule has 2 aromatic rings. The standard InChI is InChI=1S/C16H19O3Si/c1-16(2,3)19-20(17-14-10-6-4-7-11-14)18-15-12-8-5-9-13-15/h4-13H,1-3H3. The van der Waals surface area contributed by atoms with Crippen molar-refractivity contribution in [1.29, 1.82) is 0 Å². The SMILES string of the molecule is CC(C)(C)O[Si](Oc1ccccc1)Oc1ccccc1. The zero-order chi connectivity index (χ0) is 14.4. The smallest absolute Gasteiger partial charge is 0.489 e. The van der Waals surface area contributed by atoms with Gasteiger partial charge in [0.2, 0.25) is 0 Å². The molecule has 0 heterocycles. The van der Waals surface area contributed by atoms with E-state index in [1.54, 1.807) is 0 Å². The van der Waals surface area contributed by atoms with Crippen LogP contribution in [-0.4, -0.2) is 15.1 Å². The minimum atomic E-state index is -1.91. The van der Waals surface area contributed by atoms with E-state index >= 15 is 0 Å². The first-order valence-corrected chi connectivity index (χ1v) is 7.77. The number of rotatable bonds is 5. The molecular weight excluding hydrogens is 268 g/mol. The lowest BCUT2D eigenvalue weighted by Gasteiger charge is -2.24. The Morgan fingerprint density at radius 3 is 1.45 bits per heavy atom. The summed E-state index contributed by atoms with van der Waals surface area (Å²) in [6.45, 7) is 5.96. The highest BCUT2D eigenvalue weighted by molar-refractivity contribution is 6.38. The maximum atomic E-state index is 5.90. The molecule has 0 aliphatic rings. The fourth-order valence-corrected chi connectivity index (χ4v) is 2.76. The number of hydrogen-bond acceptors (Lipinski definition) is 3. The van der Waals surface area contributed by atoms with Gasteiger partial charge in [0, 0.05) is 0 Å². The van der Waals surface area contributed by atoms with E-state index in [2.05, 4.69) is 0 Å². The molecule has 0 amide bonds. The second-order valence-electron chi connectivity index (χ2n) is 5.29. The largest absolute Gasteiger partial charge is 0.737 e. The third-order valence-corrected chi connectivity index (χ3v) is 3.86. The zero-order valence-corrected chi connectivity index (χ0v) is 13.0. The highest BCUT2D eigenvalue weighted by Gasteiger charge is 2.31. The molecule has 0 bridgehead atoms. The Kier molecular flexibility index (Phi) is 4.82. The molecule has 0 N–H and O–H groups in total.